The van der Waals surface area contributed by atoms with E-state index >= 15 is 0 Å². The molecule has 0 saturated carbocycles. The highest BCUT2D eigenvalue weighted by Crippen LogP contribution is 2.08. The molecule has 0 bridgehead atoms. The van der Waals surface area contributed by atoms with Crippen molar-refractivity contribution in [3.05, 3.63) is 12.2 Å². The van der Waals surface area contributed by atoms with Crippen LogP contribution in [0, 0.1) is 0 Å². The second-order valence-electron chi connectivity index (χ2n) is 2.40. The SMILES string of the molecule is CC(I)CN1C(=O)C=CC1=O. The Morgan fingerprint density at radius 1 is 1.45 bits per heavy atom. The molecule has 0 spiro atoms. The molecule has 1 heterocycles. The Labute approximate surface area is 78.6 Å². The van der Waals surface area contributed by atoms with Gasteiger partial charge < -0.3 is 0 Å². The minimum absolute atomic E-state index is 0.196. The first kappa shape index (κ1) is 8.70. The first-order valence-corrected chi connectivity index (χ1v) is 4.53. The van der Waals surface area contributed by atoms with E-state index in [-0.39, 0.29) is 11.8 Å². The number of rotatable bonds is 2. The number of carbonyl (C=O) groups is 2. The van der Waals surface area contributed by atoms with Crippen LogP contribution in [0.15, 0.2) is 12.2 Å². The van der Waals surface area contributed by atoms with Crippen molar-refractivity contribution in [1.29, 1.82) is 0 Å². The predicted molar refractivity (Wildman–Crippen MR) is 49.3 cm³/mol. The fourth-order valence-corrected chi connectivity index (χ4v) is 1.26. The number of amides is 2. The molecule has 1 rings (SSSR count). The van der Waals surface area contributed by atoms with E-state index in [0.717, 1.165) is 0 Å². The summed E-state index contributed by atoms with van der Waals surface area (Å²) in [5.41, 5.74) is 0. The molecule has 1 atom stereocenters. The van der Waals surface area contributed by atoms with Gasteiger partial charge in [-0.15, -0.1) is 0 Å². The van der Waals surface area contributed by atoms with Gasteiger partial charge in [-0.2, -0.15) is 0 Å². The third-order valence-corrected chi connectivity index (χ3v) is 1.73. The fraction of sp³-hybridized carbons (Fsp3) is 0.429. The molecule has 0 aromatic heterocycles. The molecule has 0 N–H and O–H groups in total. The van der Waals surface area contributed by atoms with Crippen molar-refractivity contribution in [2.24, 2.45) is 0 Å². The van der Waals surface area contributed by atoms with Gasteiger partial charge in [-0.1, -0.05) is 29.5 Å². The van der Waals surface area contributed by atoms with E-state index in [4.69, 9.17) is 0 Å². The normalized spacial score (nSPS) is 19.6. The second kappa shape index (κ2) is 3.34. The van der Waals surface area contributed by atoms with Gasteiger partial charge in [-0.25, -0.2) is 0 Å². The standard InChI is InChI=1S/C7H8INO2/c1-5(8)4-9-6(10)2-3-7(9)11/h2-3,5H,4H2,1H3. The van der Waals surface area contributed by atoms with Crippen LogP contribution < -0.4 is 0 Å². The van der Waals surface area contributed by atoms with Crippen LogP contribution in [0.5, 0.6) is 0 Å². The number of halogens is 1. The van der Waals surface area contributed by atoms with Crippen molar-refractivity contribution in [3.63, 3.8) is 0 Å². The van der Waals surface area contributed by atoms with E-state index in [1.807, 2.05) is 6.92 Å². The van der Waals surface area contributed by atoms with E-state index < -0.39 is 0 Å². The molecule has 0 aromatic carbocycles. The lowest BCUT2D eigenvalue weighted by atomic mass is 10.4. The maximum absolute atomic E-state index is 10.9. The van der Waals surface area contributed by atoms with Crippen molar-refractivity contribution in [3.8, 4) is 0 Å². The molecule has 0 radical (unpaired) electrons. The van der Waals surface area contributed by atoms with Crippen LogP contribution in [0.4, 0.5) is 0 Å². The van der Waals surface area contributed by atoms with Crippen molar-refractivity contribution < 1.29 is 9.59 Å². The maximum Gasteiger partial charge on any atom is 0.253 e. The van der Waals surface area contributed by atoms with Crippen LogP contribution >= 0.6 is 22.6 Å². The molecule has 0 saturated heterocycles. The van der Waals surface area contributed by atoms with Crippen LogP contribution in [0.1, 0.15) is 6.92 Å². The van der Waals surface area contributed by atoms with E-state index in [1.165, 1.54) is 17.1 Å². The van der Waals surface area contributed by atoms with E-state index in [0.29, 0.717) is 10.5 Å². The lowest BCUT2D eigenvalue weighted by Gasteiger charge is -2.14. The predicted octanol–water partition coefficient (Wildman–Crippen LogP) is 0.735. The summed E-state index contributed by atoms with van der Waals surface area (Å²) in [5, 5.41) is 0. The topological polar surface area (TPSA) is 37.4 Å². The summed E-state index contributed by atoms with van der Waals surface area (Å²) in [6.45, 7) is 2.46. The van der Waals surface area contributed by atoms with Gasteiger partial charge in [0.1, 0.15) is 0 Å². The summed E-state index contributed by atoms with van der Waals surface area (Å²) >= 11 is 2.18. The second-order valence-corrected chi connectivity index (χ2v) is 4.53. The van der Waals surface area contributed by atoms with Crippen LogP contribution in [0.25, 0.3) is 0 Å². The lowest BCUT2D eigenvalue weighted by Crippen LogP contribution is -2.34. The molecule has 1 aliphatic rings. The Kier molecular flexibility index (Phi) is 2.64. The summed E-state index contributed by atoms with van der Waals surface area (Å²) in [5.74, 6) is -0.392. The van der Waals surface area contributed by atoms with Crippen molar-refractivity contribution >= 4 is 34.4 Å². The Balaban J connectivity index is 2.59. The van der Waals surface area contributed by atoms with Crippen molar-refractivity contribution in [2.75, 3.05) is 6.54 Å². The van der Waals surface area contributed by atoms with Gasteiger partial charge >= 0.3 is 0 Å². The van der Waals surface area contributed by atoms with Crippen molar-refractivity contribution in [2.45, 2.75) is 10.8 Å². The molecule has 3 nitrogen and oxygen atoms in total. The summed E-state index contributed by atoms with van der Waals surface area (Å²) in [7, 11) is 0. The van der Waals surface area contributed by atoms with Gasteiger partial charge in [0, 0.05) is 22.6 Å². The number of nitrogens with zero attached hydrogens (tertiary/aromatic N) is 1. The van der Waals surface area contributed by atoms with E-state index in [2.05, 4.69) is 22.6 Å². The first-order chi connectivity index (χ1) is 5.11. The Hall–Kier alpha value is -0.390. The Bertz CT molecular complexity index is 204. The quantitative estimate of drug-likeness (QED) is 0.419. The highest BCUT2D eigenvalue weighted by atomic mass is 127. The average Bonchev–Trinajstić information content (AvgIpc) is 2.18. The molecule has 0 aliphatic carbocycles. The number of hydrogen-bond donors (Lipinski definition) is 0. The first-order valence-electron chi connectivity index (χ1n) is 3.29. The Morgan fingerprint density at radius 2 is 1.91 bits per heavy atom. The summed E-state index contributed by atoms with van der Waals surface area (Å²) in [4.78, 5) is 23.1. The third-order valence-electron chi connectivity index (χ3n) is 1.33. The smallest absolute Gasteiger partial charge is 0.253 e. The molecule has 0 fully saturated rings. The highest BCUT2D eigenvalue weighted by molar-refractivity contribution is 14.1. The average molecular weight is 265 g/mol. The zero-order valence-electron chi connectivity index (χ0n) is 6.08. The molecular formula is C7H8INO2. The highest BCUT2D eigenvalue weighted by Gasteiger charge is 2.23. The number of imide groups is 1. The van der Waals surface area contributed by atoms with Crippen LogP contribution in [-0.4, -0.2) is 27.2 Å². The molecule has 4 heteroatoms. The third kappa shape index (κ3) is 2.02. The largest absolute Gasteiger partial charge is 0.274 e. The van der Waals surface area contributed by atoms with Crippen LogP contribution in [0.2, 0.25) is 0 Å². The zero-order valence-corrected chi connectivity index (χ0v) is 8.24. The van der Waals surface area contributed by atoms with Crippen LogP contribution in [-0.2, 0) is 9.59 Å². The van der Waals surface area contributed by atoms with Gasteiger partial charge in [-0.05, 0) is 0 Å². The molecule has 1 unspecified atom stereocenters. The Morgan fingerprint density at radius 3 is 2.27 bits per heavy atom. The van der Waals surface area contributed by atoms with Crippen LogP contribution in [0.3, 0.4) is 0 Å². The molecule has 60 valence electrons. The van der Waals surface area contributed by atoms with Gasteiger partial charge in [-0.3, -0.25) is 14.5 Å². The van der Waals surface area contributed by atoms with Gasteiger partial charge in [0.05, 0.1) is 0 Å². The van der Waals surface area contributed by atoms with E-state index in [9.17, 15) is 9.59 Å². The molecular weight excluding hydrogens is 257 g/mol. The molecule has 1 aliphatic heterocycles. The van der Waals surface area contributed by atoms with Gasteiger partial charge in [0.15, 0.2) is 0 Å². The maximum atomic E-state index is 10.9. The van der Waals surface area contributed by atoms with Gasteiger partial charge in [0.25, 0.3) is 11.8 Å². The summed E-state index contributed by atoms with van der Waals surface area (Å²) in [6, 6.07) is 0. The number of carbonyl (C=O) groups excluding carboxylic acids is 2. The zero-order chi connectivity index (χ0) is 8.43. The summed E-state index contributed by atoms with van der Waals surface area (Å²) < 4.78 is 0.306. The lowest BCUT2D eigenvalue weighted by molar-refractivity contribution is -0.136. The fourth-order valence-electron chi connectivity index (χ4n) is 0.863. The number of hydrogen-bond acceptors (Lipinski definition) is 2. The summed E-state index contributed by atoms with van der Waals surface area (Å²) in [6.07, 6.45) is 2.61. The van der Waals surface area contributed by atoms with Crippen molar-refractivity contribution in [1.82, 2.24) is 4.90 Å². The molecule has 0 aromatic rings. The molecule has 11 heavy (non-hydrogen) atoms. The monoisotopic (exact) mass is 265 g/mol. The minimum atomic E-state index is -0.196. The van der Waals surface area contributed by atoms with Gasteiger partial charge in [0.2, 0.25) is 0 Å². The minimum Gasteiger partial charge on any atom is -0.274 e. The van der Waals surface area contributed by atoms with E-state index in [1.54, 1.807) is 0 Å². The number of alkyl halides is 1. The molecule has 2 amide bonds.